The molecule has 32 heavy (non-hydrogen) atoms. The number of hydrogen-bond donors (Lipinski definition) is 0. The SMILES string of the molecule is CN(Cc1ccccc1)C(=O)c1ccc(/C=C2\SC(=O)N(Cc3ccccc3)C2=O)cc1. The number of imide groups is 1. The normalized spacial score (nSPS) is 14.8. The van der Waals surface area contributed by atoms with Crippen molar-refractivity contribution < 1.29 is 14.4 Å². The number of amides is 3. The van der Waals surface area contributed by atoms with Crippen LogP contribution in [0.3, 0.4) is 0 Å². The molecule has 3 amide bonds. The molecular weight excluding hydrogens is 420 g/mol. The molecule has 160 valence electrons. The first kappa shape index (κ1) is 21.6. The fraction of sp³-hybridized carbons (Fsp3) is 0.115. The highest BCUT2D eigenvalue weighted by atomic mass is 32.2. The van der Waals surface area contributed by atoms with Crippen LogP contribution in [0.2, 0.25) is 0 Å². The van der Waals surface area contributed by atoms with Gasteiger partial charge in [0.1, 0.15) is 0 Å². The van der Waals surface area contributed by atoms with Crippen molar-refractivity contribution in [1.29, 1.82) is 0 Å². The Morgan fingerprint density at radius 3 is 2.09 bits per heavy atom. The van der Waals surface area contributed by atoms with Gasteiger partial charge in [-0.15, -0.1) is 0 Å². The fourth-order valence-electron chi connectivity index (χ4n) is 3.43. The summed E-state index contributed by atoms with van der Waals surface area (Å²) in [5, 5.41) is -0.278. The van der Waals surface area contributed by atoms with Crippen molar-refractivity contribution in [3.8, 4) is 0 Å². The average Bonchev–Trinajstić information content (AvgIpc) is 3.07. The second-order valence-electron chi connectivity index (χ2n) is 7.52. The second-order valence-corrected chi connectivity index (χ2v) is 8.52. The minimum absolute atomic E-state index is 0.0800. The Labute approximate surface area is 191 Å². The average molecular weight is 443 g/mol. The van der Waals surface area contributed by atoms with E-state index in [4.69, 9.17) is 0 Å². The van der Waals surface area contributed by atoms with Crippen LogP contribution in [0.25, 0.3) is 6.08 Å². The van der Waals surface area contributed by atoms with Crippen molar-refractivity contribution in [3.63, 3.8) is 0 Å². The molecule has 1 heterocycles. The maximum absolute atomic E-state index is 12.7. The lowest BCUT2D eigenvalue weighted by Gasteiger charge is -2.17. The monoisotopic (exact) mass is 442 g/mol. The van der Waals surface area contributed by atoms with Gasteiger partial charge in [0.15, 0.2) is 0 Å². The number of hydrogen-bond acceptors (Lipinski definition) is 4. The maximum Gasteiger partial charge on any atom is 0.293 e. The highest BCUT2D eigenvalue weighted by molar-refractivity contribution is 8.18. The minimum atomic E-state index is -0.299. The molecule has 0 aromatic heterocycles. The van der Waals surface area contributed by atoms with E-state index in [1.807, 2.05) is 60.7 Å². The number of benzene rings is 3. The Hall–Kier alpha value is -3.64. The van der Waals surface area contributed by atoms with Crippen molar-refractivity contribution in [3.05, 3.63) is 112 Å². The number of rotatable bonds is 6. The first-order valence-corrected chi connectivity index (χ1v) is 11.0. The molecule has 3 aromatic carbocycles. The van der Waals surface area contributed by atoms with Gasteiger partial charge < -0.3 is 4.90 Å². The third-order valence-electron chi connectivity index (χ3n) is 5.12. The Morgan fingerprint density at radius 1 is 0.875 bits per heavy atom. The molecule has 0 atom stereocenters. The number of carbonyl (C=O) groups is 3. The molecule has 0 N–H and O–H groups in total. The van der Waals surface area contributed by atoms with E-state index in [0.29, 0.717) is 17.0 Å². The van der Waals surface area contributed by atoms with Crippen LogP contribution < -0.4 is 0 Å². The van der Waals surface area contributed by atoms with E-state index >= 15 is 0 Å². The molecule has 0 aliphatic carbocycles. The fourth-order valence-corrected chi connectivity index (χ4v) is 4.26. The van der Waals surface area contributed by atoms with Gasteiger partial charge in [0.05, 0.1) is 11.4 Å². The molecule has 0 saturated carbocycles. The van der Waals surface area contributed by atoms with Crippen molar-refractivity contribution in [1.82, 2.24) is 9.80 Å². The quantitative estimate of drug-likeness (QED) is 0.493. The van der Waals surface area contributed by atoms with E-state index in [0.717, 1.165) is 28.5 Å². The lowest BCUT2D eigenvalue weighted by atomic mass is 10.1. The molecule has 0 bridgehead atoms. The predicted octanol–water partition coefficient (Wildman–Crippen LogP) is 5.20. The lowest BCUT2D eigenvalue weighted by molar-refractivity contribution is -0.123. The third kappa shape index (κ3) is 4.98. The molecule has 6 heteroatoms. The zero-order chi connectivity index (χ0) is 22.5. The zero-order valence-electron chi connectivity index (χ0n) is 17.6. The van der Waals surface area contributed by atoms with Crippen LogP contribution in [0.4, 0.5) is 4.79 Å². The summed E-state index contributed by atoms with van der Waals surface area (Å²) in [5.41, 5.74) is 3.29. The summed E-state index contributed by atoms with van der Waals surface area (Å²) < 4.78 is 0. The van der Waals surface area contributed by atoms with Crippen molar-refractivity contribution in [2.24, 2.45) is 0 Å². The molecule has 0 spiro atoms. The molecule has 1 aliphatic heterocycles. The number of carbonyl (C=O) groups excluding carboxylic acids is 3. The molecule has 0 unspecified atom stereocenters. The van der Waals surface area contributed by atoms with Gasteiger partial charge in [-0.3, -0.25) is 19.3 Å². The molecule has 1 fully saturated rings. The second kappa shape index (κ2) is 9.66. The van der Waals surface area contributed by atoms with Crippen LogP contribution in [-0.2, 0) is 17.9 Å². The van der Waals surface area contributed by atoms with Crippen LogP contribution in [0.5, 0.6) is 0 Å². The molecule has 0 radical (unpaired) electrons. The van der Waals surface area contributed by atoms with E-state index in [1.54, 1.807) is 42.3 Å². The molecule has 1 aliphatic rings. The predicted molar refractivity (Wildman–Crippen MR) is 127 cm³/mol. The topological polar surface area (TPSA) is 57.7 Å². The van der Waals surface area contributed by atoms with Crippen LogP contribution in [-0.4, -0.2) is 33.9 Å². The highest BCUT2D eigenvalue weighted by Crippen LogP contribution is 2.33. The minimum Gasteiger partial charge on any atom is -0.337 e. The first-order chi connectivity index (χ1) is 15.5. The van der Waals surface area contributed by atoms with Gasteiger partial charge in [-0.1, -0.05) is 72.8 Å². The molecule has 1 saturated heterocycles. The Bertz CT molecular complexity index is 1160. The Kier molecular flexibility index (Phi) is 6.52. The van der Waals surface area contributed by atoms with Crippen LogP contribution in [0.15, 0.2) is 89.8 Å². The van der Waals surface area contributed by atoms with E-state index < -0.39 is 0 Å². The summed E-state index contributed by atoms with van der Waals surface area (Å²) in [4.78, 5) is 41.1. The zero-order valence-corrected chi connectivity index (χ0v) is 18.4. The summed E-state index contributed by atoms with van der Waals surface area (Å²) >= 11 is 0.936. The Morgan fingerprint density at radius 2 is 1.47 bits per heavy atom. The third-order valence-corrected chi connectivity index (χ3v) is 6.03. The van der Waals surface area contributed by atoms with Crippen molar-refractivity contribution >= 4 is 34.9 Å². The summed E-state index contributed by atoms with van der Waals surface area (Å²) in [6, 6.07) is 26.3. The Balaban J connectivity index is 1.43. The number of nitrogens with zero attached hydrogens (tertiary/aromatic N) is 2. The van der Waals surface area contributed by atoms with Crippen LogP contribution >= 0.6 is 11.8 Å². The van der Waals surface area contributed by atoms with Crippen molar-refractivity contribution in [2.45, 2.75) is 13.1 Å². The molecular formula is C26H22N2O3S. The smallest absolute Gasteiger partial charge is 0.293 e. The molecule has 5 nitrogen and oxygen atoms in total. The van der Waals surface area contributed by atoms with Gasteiger partial charge in [-0.25, -0.2) is 0 Å². The van der Waals surface area contributed by atoms with Gasteiger partial charge in [0, 0.05) is 19.2 Å². The van der Waals surface area contributed by atoms with Gasteiger partial charge >= 0.3 is 0 Å². The van der Waals surface area contributed by atoms with Crippen LogP contribution in [0, 0.1) is 0 Å². The maximum atomic E-state index is 12.7. The van der Waals surface area contributed by atoms with Gasteiger partial charge in [-0.2, -0.15) is 0 Å². The van der Waals surface area contributed by atoms with Crippen molar-refractivity contribution in [2.75, 3.05) is 7.05 Å². The van der Waals surface area contributed by atoms with E-state index in [-0.39, 0.29) is 23.6 Å². The van der Waals surface area contributed by atoms with E-state index in [9.17, 15) is 14.4 Å². The largest absolute Gasteiger partial charge is 0.337 e. The molecule has 4 rings (SSSR count). The number of thioether (sulfide) groups is 1. The van der Waals surface area contributed by atoms with Gasteiger partial charge in [0.2, 0.25) is 0 Å². The summed E-state index contributed by atoms with van der Waals surface area (Å²) in [6.07, 6.45) is 1.69. The van der Waals surface area contributed by atoms with Gasteiger partial charge in [-0.05, 0) is 46.7 Å². The summed E-state index contributed by atoms with van der Waals surface area (Å²) in [6.45, 7) is 0.778. The van der Waals surface area contributed by atoms with E-state index in [1.165, 1.54) is 4.90 Å². The first-order valence-electron chi connectivity index (χ1n) is 10.2. The van der Waals surface area contributed by atoms with Crippen LogP contribution in [0.1, 0.15) is 27.0 Å². The summed E-state index contributed by atoms with van der Waals surface area (Å²) in [7, 11) is 1.77. The lowest BCUT2D eigenvalue weighted by Crippen LogP contribution is -2.27. The molecule has 3 aromatic rings. The summed E-state index contributed by atoms with van der Waals surface area (Å²) in [5.74, 6) is -0.379. The van der Waals surface area contributed by atoms with Gasteiger partial charge in [0.25, 0.3) is 17.1 Å². The highest BCUT2D eigenvalue weighted by Gasteiger charge is 2.34. The standard InChI is InChI=1S/C26H22N2O3S/c1-27(17-20-8-4-2-5-9-20)24(29)22-14-12-19(13-15-22)16-23-25(30)28(26(31)32-23)18-21-10-6-3-7-11-21/h2-16H,17-18H2,1H3/b23-16-. The van der Waals surface area contributed by atoms with E-state index in [2.05, 4.69) is 0 Å².